The molecule has 0 aliphatic rings. The molecule has 0 bridgehead atoms. The molecule has 0 saturated heterocycles. The van der Waals surface area contributed by atoms with E-state index in [1.165, 1.54) is 4.90 Å². The van der Waals surface area contributed by atoms with Crippen LogP contribution in [0.15, 0.2) is 24.3 Å². The van der Waals surface area contributed by atoms with E-state index in [2.05, 4.69) is 23.5 Å². The van der Waals surface area contributed by atoms with Gasteiger partial charge in [-0.25, -0.2) is 0 Å². The molecular weight excluding hydrogens is 438 g/mol. The SMILES string of the molecule is CC(C)C[C@@H](C(=O)NC(C)(C)C)N(C(=O)c1snc(C(N)=O)c1N)c1ccc(C(C)C)cc1. The first kappa shape index (κ1) is 26.3. The second-order valence-electron chi connectivity index (χ2n) is 9.94. The molecule has 0 unspecified atom stereocenters. The number of aromatic nitrogens is 1. The highest BCUT2D eigenvalue weighted by molar-refractivity contribution is 7.09. The number of rotatable bonds is 8. The highest BCUT2D eigenvalue weighted by atomic mass is 32.1. The molecule has 180 valence electrons. The third kappa shape index (κ3) is 6.54. The van der Waals surface area contributed by atoms with Crippen LogP contribution in [0.25, 0.3) is 0 Å². The van der Waals surface area contributed by atoms with Gasteiger partial charge in [-0.3, -0.25) is 19.3 Å². The summed E-state index contributed by atoms with van der Waals surface area (Å²) in [6.07, 6.45) is 0.432. The number of benzene rings is 1. The average molecular weight is 474 g/mol. The van der Waals surface area contributed by atoms with E-state index in [0.717, 1.165) is 17.1 Å². The number of hydrogen-bond acceptors (Lipinski definition) is 6. The Morgan fingerprint density at radius 3 is 2.09 bits per heavy atom. The molecule has 3 amide bonds. The summed E-state index contributed by atoms with van der Waals surface area (Å²) < 4.78 is 3.97. The lowest BCUT2D eigenvalue weighted by atomic mass is 9.98. The second-order valence-corrected chi connectivity index (χ2v) is 10.7. The molecule has 0 radical (unpaired) electrons. The van der Waals surface area contributed by atoms with Gasteiger partial charge < -0.3 is 16.8 Å². The van der Waals surface area contributed by atoms with Gasteiger partial charge in [-0.05, 0) is 68.3 Å². The molecule has 1 atom stereocenters. The molecule has 1 aromatic carbocycles. The maximum atomic E-state index is 13.8. The Hall–Kier alpha value is -2.94. The van der Waals surface area contributed by atoms with Gasteiger partial charge in [0.2, 0.25) is 5.91 Å². The molecular formula is C24H35N5O3S. The first-order valence-corrected chi connectivity index (χ1v) is 11.8. The molecule has 0 aliphatic heterocycles. The summed E-state index contributed by atoms with van der Waals surface area (Å²) in [6, 6.07) is 6.76. The van der Waals surface area contributed by atoms with Crippen LogP contribution in [0.2, 0.25) is 0 Å². The summed E-state index contributed by atoms with van der Waals surface area (Å²) in [5.74, 6) is -1.12. The number of carbonyl (C=O) groups excluding carboxylic acids is 3. The zero-order valence-corrected chi connectivity index (χ0v) is 21.2. The molecule has 2 rings (SSSR count). The van der Waals surface area contributed by atoms with Crippen molar-refractivity contribution in [2.45, 2.75) is 72.4 Å². The molecule has 0 spiro atoms. The van der Waals surface area contributed by atoms with Crippen LogP contribution in [-0.4, -0.2) is 33.7 Å². The molecule has 1 aromatic heterocycles. The van der Waals surface area contributed by atoms with Crippen LogP contribution in [-0.2, 0) is 4.79 Å². The minimum atomic E-state index is -0.806. The number of amides is 3. The second kappa shape index (κ2) is 10.3. The van der Waals surface area contributed by atoms with Crippen LogP contribution >= 0.6 is 11.5 Å². The molecule has 8 nitrogen and oxygen atoms in total. The molecule has 33 heavy (non-hydrogen) atoms. The number of primary amides is 1. The van der Waals surface area contributed by atoms with E-state index in [1.807, 2.05) is 58.9 Å². The van der Waals surface area contributed by atoms with E-state index in [9.17, 15) is 14.4 Å². The van der Waals surface area contributed by atoms with Gasteiger partial charge in [-0.15, -0.1) is 0 Å². The van der Waals surface area contributed by atoms with Crippen molar-refractivity contribution in [3.05, 3.63) is 40.4 Å². The van der Waals surface area contributed by atoms with Gasteiger partial charge in [0.05, 0.1) is 5.69 Å². The van der Waals surface area contributed by atoms with Crippen LogP contribution in [0.5, 0.6) is 0 Å². The molecule has 0 fully saturated rings. The van der Waals surface area contributed by atoms with Crippen LogP contribution in [0.4, 0.5) is 11.4 Å². The van der Waals surface area contributed by atoms with Gasteiger partial charge in [-0.2, -0.15) is 4.37 Å². The fourth-order valence-electron chi connectivity index (χ4n) is 3.43. The van der Waals surface area contributed by atoms with Crippen molar-refractivity contribution in [3.8, 4) is 0 Å². The summed E-state index contributed by atoms with van der Waals surface area (Å²) in [5, 5.41) is 3.00. The third-order valence-corrected chi connectivity index (χ3v) is 5.87. The molecule has 0 saturated carbocycles. The maximum Gasteiger partial charge on any atom is 0.272 e. The third-order valence-electron chi connectivity index (χ3n) is 5.02. The molecule has 1 heterocycles. The van der Waals surface area contributed by atoms with Gasteiger partial charge in [0.15, 0.2) is 5.69 Å². The zero-order valence-electron chi connectivity index (χ0n) is 20.4. The Morgan fingerprint density at radius 1 is 1.09 bits per heavy atom. The van der Waals surface area contributed by atoms with E-state index in [0.29, 0.717) is 18.0 Å². The first-order chi connectivity index (χ1) is 15.2. The summed E-state index contributed by atoms with van der Waals surface area (Å²) in [4.78, 5) is 40.4. The summed E-state index contributed by atoms with van der Waals surface area (Å²) in [6.45, 7) is 13.8. The van der Waals surface area contributed by atoms with Gasteiger partial charge in [0, 0.05) is 11.2 Å². The van der Waals surface area contributed by atoms with E-state index in [1.54, 1.807) is 0 Å². The molecule has 0 aliphatic carbocycles. The van der Waals surface area contributed by atoms with E-state index in [-0.39, 0.29) is 28.1 Å². The Kier molecular flexibility index (Phi) is 8.24. The predicted octanol–water partition coefficient (Wildman–Crippen LogP) is 3.92. The van der Waals surface area contributed by atoms with Crippen molar-refractivity contribution in [2.24, 2.45) is 11.7 Å². The Morgan fingerprint density at radius 2 is 1.67 bits per heavy atom. The summed E-state index contributed by atoms with van der Waals surface area (Å²) in [5.41, 5.74) is 12.4. The van der Waals surface area contributed by atoms with Gasteiger partial charge in [0.1, 0.15) is 10.9 Å². The van der Waals surface area contributed by atoms with E-state index >= 15 is 0 Å². The topological polar surface area (TPSA) is 131 Å². The van der Waals surface area contributed by atoms with Crippen LogP contribution in [0, 0.1) is 5.92 Å². The number of hydrogen-bond donors (Lipinski definition) is 3. The van der Waals surface area contributed by atoms with E-state index in [4.69, 9.17) is 11.5 Å². The number of anilines is 2. The van der Waals surface area contributed by atoms with Crippen molar-refractivity contribution in [2.75, 3.05) is 10.6 Å². The number of nitrogens with one attached hydrogen (secondary N) is 1. The van der Waals surface area contributed by atoms with Gasteiger partial charge >= 0.3 is 0 Å². The Balaban J connectivity index is 2.64. The molecule has 9 heteroatoms. The minimum Gasteiger partial charge on any atom is -0.395 e. The lowest BCUT2D eigenvalue weighted by Crippen LogP contribution is -2.54. The van der Waals surface area contributed by atoms with Gasteiger partial charge in [-0.1, -0.05) is 39.8 Å². The Labute approximate surface area is 199 Å². The normalized spacial score (nSPS) is 12.6. The number of nitrogens with zero attached hydrogens (tertiary/aromatic N) is 2. The zero-order chi connectivity index (χ0) is 25.1. The Bertz CT molecular complexity index is 1010. The summed E-state index contributed by atoms with van der Waals surface area (Å²) >= 11 is 0.806. The predicted molar refractivity (Wildman–Crippen MR) is 134 cm³/mol. The molecule has 5 N–H and O–H groups in total. The largest absolute Gasteiger partial charge is 0.395 e. The lowest BCUT2D eigenvalue weighted by molar-refractivity contribution is -0.124. The smallest absolute Gasteiger partial charge is 0.272 e. The standard InChI is InChI=1S/C24H35N5O3S/c1-13(2)12-17(22(31)27-24(5,6)7)29(16-10-8-15(9-11-16)14(3)4)23(32)20-18(25)19(21(26)30)28-33-20/h8-11,13-14,17H,12,25H2,1-7H3,(H2,26,30)(H,27,31)/t17-/m0/s1. The minimum absolute atomic E-state index is 0.0687. The van der Waals surface area contributed by atoms with Gasteiger partial charge in [0.25, 0.3) is 11.8 Å². The lowest BCUT2D eigenvalue weighted by Gasteiger charge is -2.34. The average Bonchev–Trinajstić information content (AvgIpc) is 3.07. The highest BCUT2D eigenvalue weighted by Crippen LogP contribution is 2.30. The summed E-state index contributed by atoms with van der Waals surface area (Å²) in [7, 11) is 0. The number of carbonyl (C=O) groups is 3. The van der Waals surface area contributed by atoms with Crippen molar-refractivity contribution in [1.29, 1.82) is 0 Å². The van der Waals surface area contributed by atoms with Crippen molar-refractivity contribution in [3.63, 3.8) is 0 Å². The van der Waals surface area contributed by atoms with Crippen LogP contribution in [0.3, 0.4) is 0 Å². The van der Waals surface area contributed by atoms with E-state index < -0.39 is 23.4 Å². The molecule has 2 aromatic rings. The van der Waals surface area contributed by atoms with Crippen LogP contribution in [0.1, 0.15) is 86.5 Å². The quantitative estimate of drug-likeness (QED) is 0.535. The maximum absolute atomic E-state index is 13.8. The monoisotopic (exact) mass is 473 g/mol. The van der Waals surface area contributed by atoms with Crippen molar-refractivity contribution in [1.82, 2.24) is 9.69 Å². The van der Waals surface area contributed by atoms with Crippen LogP contribution < -0.4 is 21.7 Å². The van der Waals surface area contributed by atoms with Crippen molar-refractivity contribution < 1.29 is 14.4 Å². The fraction of sp³-hybridized carbons (Fsp3) is 0.500. The first-order valence-electron chi connectivity index (χ1n) is 11.0. The number of nitrogens with two attached hydrogens (primary N) is 2. The highest BCUT2D eigenvalue weighted by Gasteiger charge is 2.36. The van der Waals surface area contributed by atoms with Crippen molar-refractivity contribution >= 4 is 40.6 Å². The number of nitrogen functional groups attached to an aromatic ring is 1. The fourth-order valence-corrected chi connectivity index (χ4v) is 4.17.